The van der Waals surface area contributed by atoms with Gasteiger partial charge in [0.15, 0.2) is 0 Å². The third-order valence-corrected chi connectivity index (χ3v) is 2.22. The summed E-state index contributed by atoms with van der Waals surface area (Å²) in [5, 5.41) is 2.52. The van der Waals surface area contributed by atoms with Crippen molar-refractivity contribution >= 4 is 17.3 Å². The number of carbonyl (C=O) groups is 1. The van der Waals surface area contributed by atoms with Crippen molar-refractivity contribution in [3.63, 3.8) is 0 Å². The quantitative estimate of drug-likeness (QED) is 0.593. The van der Waals surface area contributed by atoms with Crippen LogP contribution in [-0.2, 0) is 9.53 Å². The molecule has 0 fully saturated rings. The number of carbonyl (C=O) groups excluding carboxylic acids is 1. The van der Waals surface area contributed by atoms with Gasteiger partial charge in [-0.2, -0.15) is 0 Å². The van der Waals surface area contributed by atoms with Crippen LogP contribution in [0.4, 0.5) is 24.5 Å². The maximum atomic E-state index is 12.9. The zero-order chi connectivity index (χ0) is 14.3. The number of nitrogen functional groups attached to an aromatic ring is 1. The molecule has 0 aromatic heterocycles. The Morgan fingerprint density at radius 3 is 2.79 bits per heavy atom. The maximum Gasteiger partial charge on any atom is 0.261 e. The third-order valence-electron chi connectivity index (χ3n) is 2.22. The van der Waals surface area contributed by atoms with Crippen LogP contribution in [0.3, 0.4) is 0 Å². The Hall–Kier alpha value is -1.76. The molecule has 19 heavy (non-hydrogen) atoms. The Morgan fingerprint density at radius 1 is 1.42 bits per heavy atom. The Labute approximate surface area is 108 Å². The lowest BCUT2D eigenvalue weighted by atomic mass is 10.2. The van der Waals surface area contributed by atoms with Crippen LogP contribution in [0.2, 0.25) is 0 Å². The fraction of sp³-hybridized carbons (Fsp3) is 0.417. The number of hydrogen-bond donors (Lipinski definition) is 2. The van der Waals surface area contributed by atoms with Gasteiger partial charge in [0.05, 0.1) is 5.69 Å². The smallest absolute Gasteiger partial charge is 0.261 e. The van der Waals surface area contributed by atoms with E-state index in [1.807, 2.05) is 0 Å². The van der Waals surface area contributed by atoms with Crippen molar-refractivity contribution in [3.8, 4) is 0 Å². The molecule has 0 atom stereocenters. The highest BCUT2D eigenvalue weighted by molar-refractivity contribution is 5.91. The maximum absolute atomic E-state index is 12.9. The van der Waals surface area contributed by atoms with Crippen LogP contribution in [0.25, 0.3) is 0 Å². The number of rotatable bonds is 7. The van der Waals surface area contributed by atoms with Crippen LogP contribution in [0.5, 0.6) is 0 Å². The molecule has 0 unspecified atom stereocenters. The number of alkyl halides is 2. The Bertz CT molecular complexity index is 427. The third kappa shape index (κ3) is 6.10. The molecule has 1 aromatic carbocycles. The van der Waals surface area contributed by atoms with Gasteiger partial charge >= 0.3 is 0 Å². The number of halogens is 3. The molecule has 0 heterocycles. The van der Waals surface area contributed by atoms with E-state index in [9.17, 15) is 18.0 Å². The molecule has 0 aliphatic carbocycles. The summed E-state index contributed by atoms with van der Waals surface area (Å²) in [5.74, 6) is -0.870. The van der Waals surface area contributed by atoms with E-state index in [4.69, 9.17) is 5.73 Å². The average Bonchev–Trinajstić information content (AvgIpc) is 2.33. The molecule has 3 N–H and O–H groups in total. The summed E-state index contributed by atoms with van der Waals surface area (Å²) in [6.45, 7) is -0.542. The number of nitrogens with one attached hydrogen (secondary N) is 1. The lowest BCUT2D eigenvalue weighted by Crippen LogP contribution is -2.13. The lowest BCUT2D eigenvalue weighted by Gasteiger charge is -2.07. The van der Waals surface area contributed by atoms with Crippen LogP contribution in [0.15, 0.2) is 18.2 Å². The van der Waals surface area contributed by atoms with E-state index in [1.165, 1.54) is 12.1 Å². The molecule has 0 saturated carbocycles. The normalized spacial score (nSPS) is 10.7. The van der Waals surface area contributed by atoms with Crippen LogP contribution >= 0.6 is 0 Å². The first-order valence-electron chi connectivity index (χ1n) is 5.70. The van der Waals surface area contributed by atoms with E-state index in [1.54, 1.807) is 0 Å². The van der Waals surface area contributed by atoms with Crippen LogP contribution < -0.4 is 11.1 Å². The predicted molar refractivity (Wildman–Crippen MR) is 65.5 cm³/mol. The van der Waals surface area contributed by atoms with Gasteiger partial charge in [0.25, 0.3) is 6.43 Å². The SMILES string of the molecule is Nc1cc(NC(=O)CCCOCC(F)F)ccc1F. The first-order chi connectivity index (χ1) is 8.99. The minimum atomic E-state index is -2.50. The molecule has 0 aliphatic rings. The Kier molecular flexibility index (Phi) is 6.14. The van der Waals surface area contributed by atoms with Gasteiger partial charge in [-0.3, -0.25) is 4.79 Å². The number of ether oxygens (including phenoxy) is 1. The van der Waals surface area contributed by atoms with Gasteiger partial charge in [-0.1, -0.05) is 0 Å². The van der Waals surface area contributed by atoms with Gasteiger partial charge in [-0.05, 0) is 24.6 Å². The van der Waals surface area contributed by atoms with Crippen molar-refractivity contribution in [3.05, 3.63) is 24.0 Å². The van der Waals surface area contributed by atoms with E-state index >= 15 is 0 Å². The Morgan fingerprint density at radius 2 is 2.16 bits per heavy atom. The molecule has 0 bridgehead atoms. The number of anilines is 2. The van der Waals surface area contributed by atoms with Gasteiger partial charge < -0.3 is 15.8 Å². The van der Waals surface area contributed by atoms with E-state index in [0.717, 1.165) is 6.07 Å². The molecule has 0 aliphatic heterocycles. The van der Waals surface area contributed by atoms with Crippen LogP contribution in [0.1, 0.15) is 12.8 Å². The van der Waals surface area contributed by atoms with E-state index in [0.29, 0.717) is 12.1 Å². The first kappa shape index (κ1) is 15.3. The second-order valence-corrected chi connectivity index (χ2v) is 3.85. The molecular formula is C12H15F3N2O2. The largest absolute Gasteiger partial charge is 0.396 e. The molecular weight excluding hydrogens is 261 g/mol. The van der Waals surface area contributed by atoms with E-state index in [-0.39, 0.29) is 24.6 Å². The van der Waals surface area contributed by atoms with Crippen molar-refractivity contribution in [1.29, 1.82) is 0 Å². The Balaban J connectivity index is 2.25. The molecule has 1 amide bonds. The molecule has 0 saturated heterocycles. The summed E-state index contributed by atoms with van der Waals surface area (Å²) in [5.41, 5.74) is 5.68. The zero-order valence-electron chi connectivity index (χ0n) is 10.2. The zero-order valence-corrected chi connectivity index (χ0v) is 10.2. The van der Waals surface area contributed by atoms with E-state index < -0.39 is 18.8 Å². The topological polar surface area (TPSA) is 64.3 Å². The molecule has 1 rings (SSSR count). The summed E-state index contributed by atoms with van der Waals surface area (Å²) in [6, 6.07) is 3.84. The van der Waals surface area contributed by atoms with E-state index in [2.05, 4.69) is 10.1 Å². The fourth-order valence-corrected chi connectivity index (χ4v) is 1.35. The number of benzene rings is 1. The summed E-state index contributed by atoms with van der Waals surface area (Å²) < 4.78 is 41.0. The standard InChI is InChI=1S/C12H15F3N2O2/c13-9-4-3-8(6-10(9)16)17-12(18)2-1-5-19-7-11(14)15/h3-4,6,11H,1-2,5,7,16H2,(H,17,18). The monoisotopic (exact) mass is 276 g/mol. The van der Waals surface area contributed by atoms with Gasteiger partial charge in [-0.25, -0.2) is 13.2 Å². The summed E-state index contributed by atoms with van der Waals surface area (Å²) in [4.78, 5) is 11.5. The van der Waals surface area contributed by atoms with Crippen molar-refractivity contribution in [2.75, 3.05) is 24.3 Å². The van der Waals surface area contributed by atoms with Gasteiger partial charge in [0.2, 0.25) is 5.91 Å². The molecule has 7 heteroatoms. The molecule has 0 radical (unpaired) electrons. The fourth-order valence-electron chi connectivity index (χ4n) is 1.35. The minimum absolute atomic E-state index is 0.0573. The highest BCUT2D eigenvalue weighted by atomic mass is 19.3. The van der Waals surface area contributed by atoms with Crippen LogP contribution in [-0.4, -0.2) is 25.5 Å². The first-order valence-corrected chi connectivity index (χ1v) is 5.70. The number of hydrogen-bond acceptors (Lipinski definition) is 3. The van der Waals surface area contributed by atoms with Gasteiger partial charge in [-0.15, -0.1) is 0 Å². The van der Waals surface area contributed by atoms with Crippen LogP contribution in [0, 0.1) is 5.82 Å². The molecule has 0 spiro atoms. The predicted octanol–water partition coefficient (Wildman–Crippen LogP) is 2.41. The van der Waals surface area contributed by atoms with Crippen molar-refractivity contribution in [2.45, 2.75) is 19.3 Å². The summed E-state index contributed by atoms with van der Waals surface area (Å²) in [7, 11) is 0. The van der Waals surface area contributed by atoms with Crippen molar-refractivity contribution in [1.82, 2.24) is 0 Å². The molecule has 106 valence electrons. The van der Waals surface area contributed by atoms with Crippen molar-refractivity contribution < 1.29 is 22.7 Å². The molecule has 4 nitrogen and oxygen atoms in total. The summed E-state index contributed by atoms with van der Waals surface area (Å²) >= 11 is 0. The number of nitrogens with two attached hydrogens (primary N) is 1. The number of amides is 1. The van der Waals surface area contributed by atoms with Crippen molar-refractivity contribution in [2.24, 2.45) is 0 Å². The minimum Gasteiger partial charge on any atom is -0.396 e. The highest BCUT2D eigenvalue weighted by Gasteiger charge is 2.06. The average molecular weight is 276 g/mol. The summed E-state index contributed by atoms with van der Waals surface area (Å²) in [6.07, 6.45) is -2.05. The second kappa shape index (κ2) is 7.63. The highest BCUT2D eigenvalue weighted by Crippen LogP contribution is 2.16. The van der Waals surface area contributed by atoms with Gasteiger partial charge in [0.1, 0.15) is 12.4 Å². The van der Waals surface area contributed by atoms with Gasteiger partial charge in [0, 0.05) is 18.7 Å². The lowest BCUT2D eigenvalue weighted by molar-refractivity contribution is -0.116. The molecule has 1 aromatic rings. The second-order valence-electron chi connectivity index (χ2n) is 3.85.